The van der Waals surface area contributed by atoms with Crippen LogP contribution in [0.4, 0.5) is 15.9 Å². The number of rotatable bonds is 9. The van der Waals surface area contributed by atoms with Crippen LogP contribution in [-0.2, 0) is 9.59 Å². The third kappa shape index (κ3) is 8.31. The summed E-state index contributed by atoms with van der Waals surface area (Å²) in [4.78, 5) is 70.7. The molecule has 4 fully saturated rings. The summed E-state index contributed by atoms with van der Waals surface area (Å²) in [7, 11) is 0. The van der Waals surface area contributed by atoms with Crippen LogP contribution in [0.15, 0.2) is 42.5 Å². The fourth-order valence-electron chi connectivity index (χ4n) is 8.64. The number of aromatic nitrogens is 2. The van der Waals surface area contributed by atoms with Crippen LogP contribution in [0.3, 0.4) is 0 Å². The Morgan fingerprint density at radius 2 is 1.58 bits per heavy atom. The highest BCUT2D eigenvalue weighted by molar-refractivity contribution is 6.31. The number of ether oxygens (including phenoxy) is 1. The number of piperazine rings is 1. The molecule has 3 aromatic rings. The van der Waals surface area contributed by atoms with E-state index in [-0.39, 0.29) is 47.7 Å². The van der Waals surface area contributed by atoms with Crippen molar-refractivity contribution in [3.8, 4) is 5.75 Å². The number of fused-ring (bicyclic) bond motifs is 1. The van der Waals surface area contributed by atoms with Crippen molar-refractivity contribution in [3.05, 3.63) is 75.7 Å². The van der Waals surface area contributed by atoms with Crippen LogP contribution in [-0.4, -0.2) is 114 Å². The number of hydrogen-bond donors (Lipinski definition) is 2. The van der Waals surface area contributed by atoms with E-state index in [0.29, 0.717) is 29.7 Å². The number of piperidine rings is 2. The van der Waals surface area contributed by atoms with Crippen molar-refractivity contribution >= 4 is 52.6 Å². The van der Waals surface area contributed by atoms with Gasteiger partial charge in [-0.1, -0.05) is 17.7 Å². The van der Waals surface area contributed by atoms with Gasteiger partial charge in [-0.25, -0.2) is 4.39 Å². The van der Waals surface area contributed by atoms with Crippen molar-refractivity contribution in [2.75, 3.05) is 55.6 Å². The second-order valence-electron chi connectivity index (χ2n) is 15.8. The molecule has 5 amide bonds. The van der Waals surface area contributed by atoms with E-state index in [4.69, 9.17) is 16.3 Å². The number of imide groups is 2. The Labute approximate surface area is 335 Å². The molecule has 2 aromatic carbocycles. The molecular formula is C41H46ClFN8O6. The van der Waals surface area contributed by atoms with Crippen LogP contribution < -0.4 is 25.2 Å². The first-order valence-corrected chi connectivity index (χ1v) is 20.2. The molecule has 1 saturated carbocycles. The summed E-state index contributed by atoms with van der Waals surface area (Å²) in [5, 5.41) is 14.7. The van der Waals surface area contributed by atoms with Gasteiger partial charge in [0.05, 0.1) is 22.9 Å². The van der Waals surface area contributed by atoms with Gasteiger partial charge in [-0.2, -0.15) is 0 Å². The van der Waals surface area contributed by atoms with E-state index in [2.05, 4.69) is 30.6 Å². The number of hydrogen-bond acceptors (Lipinski definition) is 11. The van der Waals surface area contributed by atoms with E-state index in [1.165, 1.54) is 6.07 Å². The molecule has 3 saturated heterocycles. The van der Waals surface area contributed by atoms with E-state index in [9.17, 15) is 24.0 Å². The maximum atomic E-state index is 15.4. The molecule has 16 heteroatoms. The van der Waals surface area contributed by atoms with Gasteiger partial charge in [-0.15, -0.1) is 10.2 Å². The average Bonchev–Trinajstić information content (AvgIpc) is 3.44. The number of benzene rings is 2. The Morgan fingerprint density at radius 1 is 0.860 bits per heavy atom. The maximum absolute atomic E-state index is 15.4. The van der Waals surface area contributed by atoms with Crippen LogP contribution in [0, 0.1) is 18.7 Å². The number of anilines is 2. The smallest absolute Gasteiger partial charge is 0.272 e. The number of aryl methyl sites for hydroxylation is 1. The molecule has 300 valence electrons. The van der Waals surface area contributed by atoms with Gasteiger partial charge in [-0.3, -0.25) is 39.1 Å². The first kappa shape index (κ1) is 38.7. The molecule has 1 atom stereocenters. The average molecular weight is 801 g/mol. The SMILES string of the molecule is Cc1ccc(OC2CCC(NC(=O)c3ccc(N4CCC(CN5CCN(c6cc7c(cc6F)C(=O)N(C6CCC(=O)NC6=O)C7=O)CC5)CC4)nn3)CC2)cc1Cl. The number of carbonyl (C=O) groups excluding carboxylic acids is 5. The highest BCUT2D eigenvalue weighted by Gasteiger charge is 2.45. The van der Waals surface area contributed by atoms with Gasteiger partial charge in [-0.05, 0) is 99.7 Å². The lowest BCUT2D eigenvalue weighted by atomic mass is 9.93. The fraction of sp³-hybridized carbons (Fsp3) is 0.488. The second-order valence-corrected chi connectivity index (χ2v) is 16.2. The minimum atomic E-state index is -1.10. The summed E-state index contributed by atoms with van der Waals surface area (Å²) in [5.41, 5.74) is 1.58. The third-order valence-corrected chi connectivity index (χ3v) is 12.4. The van der Waals surface area contributed by atoms with E-state index in [1.54, 1.807) is 6.07 Å². The highest BCUT2D eigenvalue weighted by Crippen LogP contribution is 2.34. The lowest BCUT2D eigenvalue weighted by molar-refractivity contribution is -0.136. The fourth-order valence-corrected chi connectivity index (χ4v) is 8.81. The van der Waals surface area contributed by atoms with Crippen molar-refractivity contribution in [3.63, 3.8) is 0 Å². The van der Waals surface area contributed by atoms with Crippen molar-refractivity contribution in [2.45, 2.75) is 76.5 Å². The highest BCUT2D eigenvalue weighted by atomic mass is 35.5. The minimum absolute atomic E-state index is 0.0172. The van der Waals surface area contributed by atoms with Gasteiger partial charge in [0.2, 0.25) is 11.8 Å². The Bertz CT molecular complexity index is 2060. The molecule has 5 heterocycles. The van der Waals surface area contributed by atoms with Crippen LogP contribution >= 0.6 is 11.6 Å². The second kappa shape index (κ2) is 16.4. The van der Waals surface area contributed by atoms with Crippen molar-refractivity contribution in [1.82, 2.24) is 30.6 Å². The monoisotopic (exact) mass is 800 g/mol. The normalized spacial score (nSPS) is 23.4. The zero-order valence-electron chi connectivity index (χ0n) is 31.8. The molecule has 1 aromatic heterocycles. The number of nitrogens with zero attached hydrogens (tertiary/aromatic N) is 6. The van der Waals surface area contributed by atoms with Gasteiger partial charge >= 0.3 is 0 Å². The summed E-state index contributed by atoms with van der Waals surface area (Å²) >= 11 is 6.24. The molecule has 0 bridgehead atoms. The Hall–Kier alpha value is -5.15. The molecule has 0 spiro atoms. The van der Waals surface area contributed by atoms with Crippen molar-refractivity contribution in [1.29, 1.82) is 0 Å². The molecule has 5 aliphatic rings. The molecule has 2 N–H and O–H groups in total. The Balaban J connectivity index is 0.766. The van der Waals surface area contributed by atoms with E-state index in [0.717, 1.165) is 99.3 Å². The van der Waals surface area contributed by atoms with Crippen LogP contribution in [0.1, 0.15) is 88.1 Å². The third-order valence-electron chi connectivity index (χ3n) is 12.0. The summed E-state index contributed by atoms with van der Waals surface area (Å²) in [6.07, 6.45) is 5.42. The minimum Gasteiger partial charge on any atom is -0.490 e. The molecule has 1 unspecified atom stereocenters. The van der Waals surface area contributed by atoms with Crippen LogP contribution in [0.5, 0.6) is 5.75 Å². The summed E-state index contributed by atoms with van der Waals surface area (Å²) in [5.74, 6) is -1.33. The molecule has 8 rings (SSSR count). The summed E-state index contributed by atoms with van der Waals surface area (Å²) in [6.45, 7) is 7.09. The molecule has 1 aliphatic carbocycles. The largest absolute Gasteiger partial charge is 0.490 e. The van der Waals surface area contributed by atoms with Gasteiger partial charge in [0.25, 0.3) is 17.7 Å². The van der Waals surface area contributed by atoms with Gasteiger partial charge in [0.15, 0.2) is 11.5 Å². The molecule has 4 aliphatic heterocycles. The quantitative estimate of drug-likeness (QED) is 0.300. The van der Waals surface area contributed by atoms with E-state index < -0.39 is 35.5 Å². The van der Waals surface area contributed by atoms with Gasteiger partial charge < -0.3 is 19.9 Å². The lowest BCUT2D eigenvalue weighted by Crippen LogP contribution is -2.54. The molecule has 14 nitrogen and oxygen atoms in total. The Morgan fingerprint density at radius 3 is 2.25 bits per heavy atom. The summed E-state index contributed by atoms with van der Waals surface area (Å²) < 4.78 is 21.5. The van der Waals surface area contributed by atoms with E-state index in [1.807, 2.05) is 36.1 Å². The predicted octanol–water partition coefficient (Wildman–Crippen LogP) is 4.14. The number of halogens is 2. The molecular weight excluding hydrogens is 755 g/mol. The molecule has 0 radical (unpaired) electrons. The molecule has 57 heavy (non-hydrogen) atoms. The van der Waals surface area contributed by atoms with Crippen molar-refractivity contribution in [2.24, 2.45) is 5.92 Å². The van der Waals surface area contributed by atoms with Crippen molar-refractivity contribution < 1.29 is 33.1 Å². The zero-order chi connectivity index (χ0) is 39.8. The van der Waals surface area contributed by atoms with Gasteiger partial charge in [0, 0.05) is 63.3 Å². The lowest BCUT2D eigenvalue weighted by Gasteiger charge is -2.39. The van der Waals surface area contributed by atoms with Crippen LogP contribution in [0.25, 0.3) is 0 Å². The Kier molecular flexibility index (Phi) is 11.1. The van der Waals surface area contributed by atoms with E-state index >= 15 is 4.39 Å². The maximum Gasteiger partial charge on any atom is 0.272 e. The number of carbonyl (C=O) groups is 5. The summed E-state index contributed by atoms with van der Waals surface area (Å²) in [6, 6.07) is 10.8. The topological polar surface area (TPSA) is 157 Å². The first-order valence-electron chi connectivity index (χ1n) is 19.9. The zero-order valence-corrected chi connectivity index (χ0v) is 32.6. The van der Waals surface area contributed by atoms with Gasteiger partial charge in [0.1, 0.15) is 17.6 Å². The predicted molar refractivity (Wildman–Crippen MR) is 209 cm³/mol. The van der Waals surface area contributed by atoms with Crippen LogP contribution in [0.2, 0.25) is 5.02 Å². The standard InChI is InChI=1S/C41H46ClFN8O6/c1-24-2-5-28(20-31(24)42)57-27-6-3-26(4-7-27)44-38(53)33-8-10-36(47-46-33)50-14-12-25(13-15-50)23-48-16-18-49(19-17-48)35-22-30-29(21-32(35)43)40(55)51(41(30)56)34-9-11-37(52)45-39(34)54/h2,5,8,10,20-22,25-27,34H,3-4,6-7,9,11-19,23H2,1H3,(H,44,53)(H,45,52,54). The first-order chi connectivity index (χ1) is 27.5. The number of amides is 5. The number of nitrogens with one attached hydrogen (secondary N) is 2.